The van der Waals surface area contributed by atoms with Crippen molar-refractivity contribution < 1.29 is 26.7 Å². The number of carbonyl (C=O) groups is 1. The molecule has 0 aliphatic rings. The van der Waals surface area contributed by atoms with Gasteiger partial charge in [-0.15, -0.1) is 11.3 Å². The van der Waals surface area contributed by atoms with E-state index in [4.69, 9.17) is 0 Å². The van der Waals surface area contributed by atoms with Crippen LogP contribution in [-0.4, -0.2) is 20.9 Å². The molecule has 6 nitrogen and oxygen atoms in total. The van der Waals surface area contributed by atoms with Crippen LogP contribution in [0.1, 0.15) is 15.9 Å². The van der Waals surface area contributed by atoms with Crippen LogP contribution in [0.15, 0.2) is 60.4 Å². The lowest BCUT2D eigenvalue weighted by molar-refractivity contribution is -0.140. The van der Waals surface area contributed by atoms with Gasteiger partial charge in [0.2, 0.25) is 0 Å². The van der Waals surface area contributed by atoms with Crippen molar-refractivity contribution in [1.29, 1.82) is 0 Å². The van der Waals surface area contributed by atoms with Gasteiger partial charge in [-0.3, -0.25) is 10.1 Å². The predicted octanol–water partition coefficient (Wildman–Crippen LogP) is 5.89. The number of nitrogens with one attached hydrogen (secondary N) is 2. The summed E-state index contributed by atoms with van der Waals surface area (Å²) in [6, 6.07) is 9.34. The zero-order valence-corrected chi connectivity index (χ0v) is 17.1. The summed E-state index contributed by atoms with van der Waals surface area (Å²) >= 11 is 0.916. The molecule has 1 amide bonds. The first-order chi connectivity index (χ1) is 15.7. The number of rotatable bonds is 5. The molecular weight excluding hydrogens is 465 g/mol. The minimum Gasteiger partial charge on any atom is -0.340 e. The summed E-state index contributed by atoms with van der Waals surface area (Å²) < 4.78 is 66.2. The van der Waals surface area contributed by atoms with E-state index >= 15 is 0 Å². The molecule has 0 saturated heterocycles. The maximum Gasteiger partial charge on any atom is 0.419 e. The summed E-state index contributed by atoms with van der Waals surface area (Å²) in [5.74, 6) is -3.61. The first-order valence-electron chi connectivity index (χ1n) is 9.18. The van der Waals surface area contributed by atoms with Gasteiger partial charge in [-0.25, -0.2) is 23.7 Å². The van der Waals surface area contributed by atoms with Crippen LogP contribution in [0.3, 0.4) is 0 Å². The van der Waals surface area contributed by atoms with Crippen LogP contribution in [0.25, 0.3) is 11.3 Å². The van der Waals surface area contributed by atoms with E-state index in [0.717, 1.165) is 17.4 Å². The number of anilines is 3. The maximum absolute atomic E-state index is 14.2. The number of aromatic nitrogens is 3. The minimum absolute atomic E-state index is 0.0675. The van der Waals surface area contributed by atoms with Crippen molar-refractivity contribution in [3.05, 3.63) is 83.1 Å². The number of hydrogen-bond donors (Lipinski definition) is 2. The van der Waals surface area contributed by atoms with Crippen molar-refractivity contribution in [2.75, 3.05) is 10.6 Å². The molecule has 4 aromatic rings. The summed E-state index contributed by atoms with van der Waals surface area (Å²) in [7, 11) is 0. The van der Waals surface area contributed by atoms with E-state index in [1.165, 1.54) is 11.7 Å². The Labute approximate surface area is 187 Å². The molecule has 168 valence electrons. The fourth-order valence-electron chi connectivity index (χ4n) is 2.81. The van der Waals surface area contributed by atoms with Gasteiger partial charge in [0.25, 0.3) is 5.91 Å². The summed E-state index contributed by atoms with van der Waals surface area (Å²) in [4.78, 5) is 24.3. The molecule has 0 unspecified atom stereocenters. The Balaban J connectivity index is 1.46. The van der Waals surface area contributed by atoms with Gasteiger partial charge in [0.1, 0.15) is 12.1 Å². The fourth-order valence-corrected chi connectivity index (χ4v) is 3.51. The standard InChI is InChI=1S/C21H12F5N5OS/c22-17-13(5-6-14(18(17)23)21(24,25)26)15-9-33-20(30-15)31-19(32)11-1-3-12(4-2-11)29-16-7-8-27-10-28-16/h1-10H,(H,27,28,29)(H,30,31,32). The highest BCUT2D eigenvalue weighted by atomic mass is 32.1. The number of nitrogens with zero attached hydrogens (tertiary/aromatic N) is 3. The lowest BCUT2D eigenvalue weighted by Gasteiger charge is -2.10. The number of halogens is 5. The van der Waals surface area contributed by atoms with Crippen LogP contribution < -0.4 is 10.6 Å². The Hall–Kier alpha value is -3.93. The quantitative estimate of drug-likeness (QED) is 0.350. The molecule has 2 heterocycles. The first kappa shape index (κ1) is 22.3. The van der Waals surface area contributed by atoms with Gasteiger partial charge in [-0.1, -0.05) is 0 Å². The summed E-state index contributed by atoms with van der Waals surface area (Å²) in [5, 5.41) is 6.92. The summed E-state index contributed by atoms with van der Waals surface area (Å²) in [5.41, 5.74) is -1.28. The number of amides is 1. The van der Waals surface area contributed by atoms with Crippen LogP contribution in [0.5, 0.6) is 0 Å². The normalized spacial score (nSPS) is 11.3. The molecule has 2 aromatic heterocycles. The number of carbonyl (C=O) groups excluding carboxylic acids is 1. The van der Waals surface area contributed by atoms with E-state index in [2.05, 4.69) is 25.6 Å². The summed E-state index contributed by atoms with van der Waals surface area (Å²) in [6.07, 6.45) is -2.06. The first-order valence-corrected chi connectivity index (χ1v) is 10.1. The zero-order valence-electron chi connectivity index (χ0n) is 16.3. The Morgan fingerprint density at radius 1 is 0.970 bits per heavy atom. The number of hydrogen-bond acceptors (Lipinski definition) is 6. The van der Waals surface area contributed by atoms with Gasteiger partial charge >= 0.3 is 6.18 Å². The molecule has 0 saturated carbocycles. The average Bonchev–Trinajstić information content (AvgIpc) is 3.24. The molecule has 12 heteroatoms. The predicted molar refractivity (Wildman–Crippen MR) is 112 cm³/mol. The van der Waals surface area contributed by atoms with Gasteiger partial charge < -0.3 is 5.32 Å². The van der Waals surface area contributed by atoms with E-state index in [1.807, 2.05) is 0 Å². The highest BCUT2D eigenvalue weighted by Gasteiger charge is 2.36. The molecular formula is C21H12F5N5OS. The van der Waals surface area contributed by atoms with E-state index in [-0.39, 0.29) is 10.8 Å². The lowest BCUT2D eigenvalue weighted by atomic mass is 10.1. The zero-order chi connectivity index (χ0) is 23.6. The second-order valence-electron chi connectivity index (χ2n) is 6.58. The van der Waals surface area contributed by atoms with E-state index in [1.54, 1.807) is 36.5 Å². The van der Waals surface area contributed by atoms with Gasteiger partial charge in [-0.05, 0) is 42.5 Å². The average molecular weight is 477 g/mol. The van der Waals surface area contributed by atoms with Crippen LogP contribution in [0.2, 0.25) is 0 Å². The maximum atomic E-state index is 14.2. The Kier molecular flexibility index (Phi) is 6.01. The molecule has 2 aromatic carbocycles. The topological polar surface area (TPSA) is 79.8 Å². The van der Waals surface area contributed by atoms with Crippen molar-refractivity contribution in [2.24, 2.45) is 0 Å². The molecule has 2 N–H and O–H groups in total. The van der Waals surface area contributed by atoms with Gasteiger partial charge in [0.05, 0.1) is 11.3 Å². The molecule has 0 atom stereocenters. The molecule has 0 aliphatic carbocycles. The largest absolute Gasteiger partial charge is 0.419 e. The monoisotopic (exact) mass is 477 g/mol. The Morgan fingerprint density at radius 3 is 2.39 bits per heavy atom. The number of thiazole rings is 1. The lowest BCUT2D eigenvalue weighted by Crippen LogP contribution is -2.12. The van der Waals surface area contributed by atoms with Gasteiger partial charge in [0, 0.05) is 28.4 Å². The molecule has 4 rings (SSSR count). The molecule has 33 heavy (non-hydrogen) atoms. The third kappa shape index (κ3) is 4.95. The van der Waals surface area contributed by atoms with Crippen molar-refractivity contribution in [1.82, 2.24) is 15.0 Å². The smallest absolute Gasteiger partial charge is 0.340 e. The van der Waals surface area contributed by atoms with Crippen molar-refractivity contribution in [3.8, 4) is 11.3 Å². The van der Waals surface area contributed by atoms with Crippen molar-refractivity contribution in [2.45, 2.75) is 6.18 Å². The molecule has 0 spiro atoms. The number of benzene rings is 2. The fraction of sp³-hybridized carbons (Fsp3) is 0.0476. The summed E-state index contributed by atoms with van der Waals surface area (Å²) in [6.45, 7) is 0. The SMILES string of the molecule is O=C(Nc1nc(-c2ccc(C(F)(F)F)c(F)c2F)cs1)c1ccc(Nc2ccncn2)cc1. The van der Waals surface area contributed by atoms with Crippen molar-refractivity contribution in [3.63, 3.8) is 0 Å². The highest BCUT2D eigenvalue weighted by Crippen LogP contribution is 2.36. The third-order valence-electron chi connectivity index (χ3n) is 4.39. The Morgan fingerprint density at radius 2 is 1.73 bits per heavy atom. The Bertz CT molecular complexity index is 1290. The van der Waals surface area contributed by atoms with Crippen LogP contribution in [0.4, 0.5) is 38.6 Å². The van der Waals surface area contributed by atoms with Crippen LogP contribution >= 0.6 is 11.3 Å². The van der Waals surface area contributed by atoms with E-state index in [0.29, 0.717) is 23.1 Å². The second-order valence-corrected chi connectivity index (χ2v) is 7.43. The molecule has 0 fully saturated rings. The third-order valence-corrected chi connectivity index (χ3v) is 5.15. The number of alkyl halides is 3. The van der Waals surface area contributed by atoms with E-state index < -0.39 is 34.8 Å². The minimum atomic E-state index is -5.02. The van der Waals surface area contributed by atoms with Crippen molar-refractivity contribution >= 4 is 33.9 Å². The van der Waals surface area contributed by atoms with Crippen LogP contribution in [-0.2, 0) is 6.18 Å². The van der Waals surface area contributed by atoms with Crippen LogP contribution in [0, 0.1) is 11.6 Å². The molecule has 0 bridgehead atoms. The van der Waals surface area contributed by atoms with E-state index in [9.17, 15) is 26.7 Å². The van der Waals surface area contributed by atoms with Gasteiger partial charge in [-0.2, -0.15) is 13.2 Å². The molecule has 0 radical (unpaired) electrons. The molecule has 0 aliphatic heterocycles. The highest BCUT2D eigenvalue weighted by molar-refractivity contribution is 7.14. The second kappa shape index (κ2) is 8.90. The van der Waals surface area contributed by atoms with Gasteiger partial charge in [0.15, 0.2) is 16.8 Å².